The number of nitrogens with one attached hydrogen (secondary N) is 1. The van der Waals surface area contributed by atoms with Crippen molar-refractivity contribution in [2.75, 3.05) is 12.4 Å². The van der Waals surface area contributed by atoms with E-state index in [1.807, 2.05) is 0 Å². The Morgan fingerprint density at radius 3 is 2.85 bits per heavy atom. The average Bonchev–Trinajstić information content (AvgIpc) is 2.11. The zero-order valence-electron chi connectivity index (χ0n) is 6.87. The Bertz CT molecular complexity index is 327. The summed E-state index contributed by atoms with van der Waals surface area (Å²) in [5.74, 6) is 0.0810. The molecule has 0 aliphatic carbocycles. The molecule has 1 rings (SSSR count). The van der Waals surface area contributed by atoms with Gasteiger partial charge in [0.15, 0.2) is 11.5 Å². The van der Waals surface area contributed by atoms with Gasteiger partial charge < -0.3 is 15.2 Å². The number of benzene rings is 1. The van der Waals surface area contributed by atoms with E-state index in [2.05, 4.69) is 5.32 Å². The van der Waals surface area contributed by atoms with Crippen LogP contribution in [0.5, 0.6) is 11.5 Å². The van der Waals surface area contributed by atoms with E-state index in [9.17, 15) is 9.90 Å². The molecule has 0 aliphatic rings. The van der Waals surface area contributed by atoms with Gasteiger partial charge in [0.25, 0.3) is 0 Å². The zero-order chi connectivity index (χ0) is 9.84. The minimum absolute atomic E-state index is 0.0658. The Morgan fingerprint density at radius 2 is 2.31 bits per heavy atom. The Morgan fingerprint density at radius 1 is 1.62 bits per heavy atom. The summed E-state index contributed by atoms with van der Waals surface area (Å²) in [5, 5.41) is 11.8. The van der Waals surface area contributed by atoms with Crippen molar-refractivity contribution in [2.24, 2.45) is 0 Å². The minimum atomic E-state index is -0.0658. The number of rotatable bonds is 3. The van der Waals surface area contributed by atoms with Gasteiger partial charge in [-0.25, -0.2) is 0 Å². The molecule has 0 unspecified atom stereocenters. The lowest BCUT2D eigenvalue weighted by Gasteiger charge is -2.08. The van der Waals surface area contributed by atoms with Crippen LogP contribution in [-0.4, -0.2) is 18.6 Å². The second kappa shape index (κ2) is 4.00. The van der Waals surface area contributed by atoms with Gasteiger partial charge in [-0.3, -0.25) is 4.79 Å². The number of halogens is 1. The van der Waals surface area contributed by atoms with Crippen molar-refractivity contribution in [3.05, 3.63) is 17.2 Å². The molecule has 0 saturated heterocycles. The summed E-state index contributed by atoms with van der Waals surface area (Å²) >= 11 is 5.79. The summed E-state index contributed by atoms with van der Waals surface area (Å²) < 4.78 is 4.82. The molecule has 0 heterocycles. The summed E-state index contributed by atoms with van der Waals surface area (Å²) in [6.45, 7) is 0. The van der Waals surface area contributed by atoms with Gasteiger partial charge in [-0.2, -0.15) is 0 Å². The number of phenolic OH excluding ortho intramolecular Hbond substituents is 1. The summed E-state index contributed by atoms with van der Waals surface area (Å²) in [6, 6.07) is 2.87. The number of hydrogen-bond acceptors (Lipinski definition) is 3. The van der Waals surface area contributed by atoms with E-state index >= 15 is 0 Å². The summed E-state index contributed by atoms with van der Waals surface area (Å²) in [4.78, 5) is 10.1. The van der Waals surface area contributed by atoms with Crippen LogP contribution in [-0.2, 0) is 4.79 Å². The van der Waals surface area contributed by atoms with Gasteiger partial charge in [0, 0.05) is 0 Å². The van der Waals surface area contributed by atoms with Crippen LogP contribution >= 0.6 is 11.6 Å². The highest BCUT2D eigenvalue weighted by Crippen LogP contribution is 2.38. The summed E-state index contributed by atoms with van der Waals surface area (Å²) in [6.07, 6.45) is 0.498. The van der Waals surface area contributed by atoms with Crippen LogP contribution in [0, 0.1) is 0 Å². The van der Waals surface area contributed by atoms with Crippen LogP contribution in [0.4, 0.5) is 5.69 Å². The van der Waals surface area contributed by atoms with Gasteiger partial charge >= 0.3 is 0 Å². The Hall–Kier alpha value is -1.42. The topological polar surface area (TPSA) is 58.6 Å². The van der Waals surface area contributed by atoms with Crippen LogP contribution in [0.1, 0.15) is 0 Å². The highest BCUT2D eigenvalue weighted by Gasteiger charge is 2.10. The molecular formula is C8H8ClNO3. The van der Waals surface area contributed by atoms with Crippen molar-refractivity contribution >= 4 is 23.7 Å². The highest BCUT2D eigenvalue weighted by molar-refractivity contribution is 6.35. The second-order valence-corrected chi connectivity index (χ2v) is 2.62. The summed E-state index contributed by atoms with van der Waals surface area (Å²) in [5.41, 5.74) is 0.395. The fourth-order valence-corrected chi connectivity index (χ4v) is 1.21. The third-order valence-electron chi connectivity index (χ3n) is 1.49. The van der Waals surface area contributed by atoms with Crippen molar-refractivity contribution in [2.45, 2.75) is 0 Å². The van der Waals surface area contributed by atoms with Gasteiger partial charge in [-0.05, 0) is 12.1 Å². The van der Waals surface area contributed by atoms with Gasteiger partial charge in [-0.1, -0.05) is 11.6 Å². The third kappa shape index (κ3) is 1.84. The summed E-state index contributed by atoms with van der Waals surface area (Å²) in [7, 11) is 1.38. The van der Waals surface area contributed by atoms with Crippen LogP contribution in [0.25, 0.3) is 0 Å². The monoisotopic (exact) mass is 201 g/mol. The Kier molecular flexibility index (Phi) is 2.97. The maximum absolute atomic E-state index is 10.1. The van der Waals surface area contributed by atoms with Crippen LogP contribution in [0.3, 0.4) is 0 Å². The number of carbonyl (C=O) groups is 1. The zero-order valence-corrected chi connectivity index (χ0v) is 7.63. The van der Waals surface area contributed by atoms with Gasteiger partial charge in [0.2, 0.25) is 6.41 Å². The molecule has 1 aromatic carbocycles. The van der Waals surface area contributed by atoms with E-state index in [-0.39, 0.29) is 16.5 Å². The Labute approximate surface area is 80.1 Å². The van der Waals surface area contributed by atoms with E-state index in [0.717, 1.165) is 0 Å². The first-order chi connectivity index (χ1) is 6.20. The molecule has 0 aliphatic heterocycles. The molecule has 0 atom stereocenters. The number of carbonyl (C=O) groups excluding carboxylic acids is 1. The molecular weight excluding hydrogens is 194 g/mol. The van der Waals surface area contributed by atoms with Crippen molar-refractivity contribution < 1.29 is 14.6 Å². The number of aromatic hydroxyl groups is 1. The largest absolute Gasteiger partial charge is 0.504 e. The lowest BCUT2D eigenvalue weighted by molar-refractivity contribution is -0.105. The average molecular weight is 202 g/mol. The van der Waals surface area contributed by atoms with Crippen LogP contribution in [0.15, 0.2) is 12.1 Å². The molecule has 2 N–H and O–H groups in total. The predicted molar refractivity (Wildman–Crippen MR) is 49.4 cm³/mol. The van der Waals surface area contributed by atoms with Crippen molar-refractivity contribution in [1.82, 2.24) is 0 Å². The number of hydrogen-bond donors (Lipinski definition) is 2. The van der Waals surface area contributed by atoms with E-state index in [4.69, 9.17) is 16.3 Å². The fourth-order valence-electron chi connectivity index (χ4n) is 0.915. The maximum atomic E-state index is 10.1. The number of phenols is 1. The van der Waals surface area contributed by atoms with E-state index in [0.29, 0.717) is 12.1 Å². The fraction of sp³-hybridized carbons (Fsp3) is 0.125. The molecule has 1 aromatic rings. The molecule has 1 amide bonds. The van der Waals surface area contributed by atoms with E-state index in [1.54, 1.807) is 0 Å². The quantitative estimate of drug-likeness (QED) is 0.577. The number of anilines is 1. The molecule has 0 aromatic heterocycles. The van der Waals surface area contributed by atoms with Crippen LogP contribution in [0.2, 0.25) is 5.02 Å². The first kappa shape index (κ1) is 9.67. The molecule has 5 heteroatoms. The third-order valence-corrected chi connectivity index (χ3v) is 1.87. The molecule has 0 fully saturated rings. The molecule has 0 radical (unpaired) electrons. The molecule has 0 saturated carbocycles. The lowest BCUT2D eigenvalue weighted by atomic mass is 10.3. The van der Waals surface area contributed by atoms with E-state index < -0.39 is 0 Å². The first-order valence-electron chi connectivity index (χ1n) is 3.46. The molecule has 70 valence electrons. The first-order valence-corrected chi connectivity index (χ1v) is 3.84. The number of methoxy groups -OCH3 is 1. The number of ether oxygens (including phenoxy) is 1. The van der Waals surface area contributed by atoms with Gasteiger partial charge in [0.05, 0.1) is 12.8 Å². The van der Waals surface area contributed by atoms with Gasteiger partial charge in [0.1, 0.15) is 5.02 Å². The molecule has 13 heavy (non-hydrogen) atoms. The maximum Gasteiger partial charge on any atom is 0.211 e. The van der Waals surface area contributed by atoms with Crippen molar-refractivity contribution in [3.8, 4) is 11.5 Å². The normalized spacial score (nSPS) is 9.38. The number of amides is 1. The molecule has 4 nitrogen and oxygen atoms in total. The minimum Gasteiger partial charge on any atom is -0.504 e. The SMILES string of the molecule is COc1c(O)ccc(NC=O)c1Cl. The highest BCUT2D eigenvalue weighted by atomic mass is 35.5. The smallest absolute Gasteiger partial charge is 0.211 e. The van der Waals surface area contributed by atoms with E-state index in [1.165, 1.54) is 19.2 Å². The Balaban J connectivity index is 3.18. The predicted octanol–water partition coefficient (Wildman–Crippen LogP) is 1.62. The van der Waals surface area contributed by atoms with Crippen molar-refractivity contribution in [3.63, 3.8) is 0 Å². The standard InChI is InChI=1S/C8H8ClNO3/c1-13-8-6(12)3-2-5(7(8)9)10-4-11/h2-4,12H,1H3,(H,10,11). The second-order valence-electron chi connectivity index (χ2n) is 2.24. The lowest BCUT2D eigenvalue weighted by Crippen LogP contribution is -1.96. The molecule has 0 spiro atoms. The van der Waals surface area contributed by atoms with Crippen molar-refractivity contribution in [1.29, 1.82) is 0 Å². The van der Waals surface area contributed by atoms with Gasteiger partial charge in [-0.15, -0.1) is 0 Å². The van der Waals surface area contributed by atoms with Crippen LogP contribution < -0.4 is 10.1 Å². The molecule has 0 bridgehead atoms.